The topological polar surface area (TPSA) is 47.6 Å². The van der Waals surface area contributed by atoms with E-state index >= 15 is 0 Å². The number of anilines is 2. The van der Waals surface area contributed by atoms with Gasteiger partial charge in [-0.05, 0) is 42.3 Å². The average molecular weight is 354 g/mol. The number of nitrogens with zero attached hydrogens (tertiary/aromatic N) is 2. The van der Waals surface area contributed by atoms with Crippen LogP contribution in [0.1, 0.15) is 16.7 Å². The van der Waals surface area contributed by atoms with Crippen LogP contribution in [0.2, 0.25) is 0 Å². The van der Waals surface area contributed by atoms with E-state index in [-0.39, 0.29) is 11.8 Å². The van der Waals surface area contributed by atoms with E-state index in [1.165, 1.54) is 17.8 Å². The second-order valence-corrected chi connectivity index (χ2v) is 6.89. The molecular formula is C20H23FN4O. The van der Waals surface area contributed by atoms with Crippen LogP contribution in [0, 0.1) is 12.7 Å². The third-order valence-electron chi connectivity index (χ3n) is 4.99. The molecule has 0 spiro atoms. The molecule has 0 atom stereocenters. The van der Waals surface area contributed by atoms with Gasteiger partial charge in [-0.15, -0.1) is 0 Å². The van der Waals surface area contributed by atoms with E-state index in [1.54, 1.807) is 11.0 Å². The minimum Gasteiger partial charge on any atom is -0.369 e. The Balaban J connectivity index is 1.72. The fourth-order valence-electron chi connectivity index (χ4n) is 3.73. The Hall–Kier alpha value is -2.60. The van der Waals surface area contributed by atoms with Crippen molar-refractivity contribution < 1.29 is 9.18 Å². The van der Waals surface area contributed by atoms with Crippen LogP contribution in [-0.2, 0) is 13.1 Å². The second kappa shape index (κ2) is 6.96. The number of rotatable bonds is 3. The maximum Gasteiger partial charge on any atom is 0.322 e. The van der Waals surface area contributed by atoms with E-state index in [2.05, 4.69) is 34.6 Å². The van der Waals surface area contributed by atoms with Gasteiger partial charge in [-0.25, -0.2) is 9.18 Å². The third-order valence-corrected chi connectivity index (χ3v) is 4.99. The molecule has 2 aromatic carbocycles. The molecule has 0 bridgehead atoms. The quantitative estimate of drug-likeness (QED) is 0.891. The maximum absolute atomic E-state index is 13.6. The lowest BCUT2D eigenvalue weighted by atomic mass is 10.0. The number of nitrogens with one attached hydrogen (secondary N) is 2. The first-order chi connectivity index (χ1) is 12.6. The molecule has 4 rings (SSSR count). The van der Waals surface area contributed by atoms with Crippen LogP contribution >= 0.6 is 0 Å². The molecule has 2 aliphatic rings. The summed E-state index contributed by atoms with van der Waals surface area (Å²) in [4.78, 5) is 16.6. The molecule has 2 heterocycles. The molecule has 26 heavy (non-hydrogen) atoms. The number of piperazine rings is 1. The number of amides is 2. The van der Waals surface area contributed by atoms with E-state index in [4.69, 9.17) is 0 Å². The molecule has 1 fully saturated rings. The van der Waals surface area contributed by atoms with Gasteiger partial charge in [0, 0.05) is 44.0 Å². The molecule has 0 saturated carbocycles. The molecule has 0 radical (unpaired) electrons. The standard InChI is InChI=1S/C20H23FN4O/c1-14-9-18(24-7-5-22-6-8-24)17-12-23-20(26)25(19(17)10-14)13-15-3-2-4-16(21)11-15/h2-4,9-11,22H,5-8,12-13H2,1H3,(H,23,26). The normalized spacial score (nSPS) is 17.1. The van der Waals surface area contributed by atoms with Crippen LogP contribution in [-0.4, -0.2) is 32.2 Å². The molecule has 5 nitrogen and oxygen atoms in total. The number of hydrogen-bond donors (Lipinski definition) is 2. The highest BCUT2D eigenvalue weighted by Gasteiger charge is 2.28. The Morgan fingerprint density at radius 3 is 2.65 bits per heavy atom. The van der Waals surface area contributed by atoms with Gasteiger partial charge in [0.25, 0.3) is 0 Å². The van der Waals surface area contributed by atoms with E-state index in [0.717, 1.165) is 48.6 Å². The van der Waals surface area contributed by atoms with Gasteiger partial charge in [0.1, 0.15) is 5.82 Å². The Bertz CT molecular complexity index is 833. The molecule has 2 amide bonds. The summed E-state index contributed by atoms with van der Waals surface area (Å²) in [6.45, 7) is 6.75. The summed E-state index contributed by atoms with van der Waals surface area (Å²) in [5, 5.41) is 6.35. The van der Waals surface area contributed by atoms with E-state index < -0.39 is 0 Å². The van der Waals surface area contributed by atoms with Crippen molar-refractivity contribution in [2.75, 3.05) is 36.0 Å². The summed E-state index contributed by atoms with van der Waals surface area (Å²) in [6, 6.07) is 10.5. The molecule has 2 aromatic rings. The minimum atomic E-state index is -0.286. The Morgan fingerprint density at radius 1 is 1.12 bits per heavy atom. The molecule has 2 aliphatic heterocycles. The number of carbonyl (C=O) groups is 1. The lowest BCUT2D eigenvalue weighted by Crippen LogP contribution is -2.47. The number of halogens is 1. The van der Waals surface area contributed by atoms with Crippen molar-refractivity contribution in [3.8, 4) is 0 Å². The predicted octanol–water partition coefficient (Wildman–Crippen LogP) is 2.77. The van der Waals surface area contributed by atoms with E-state index in [9.17, 15) is 9.18 Å². The van der Waals surface area contributed by atoms with Gasteiger partial charge in [-0.2, -0.15) is 0 Å². The van der Waals surface area contributed by atoms with E-state index in [0.29, 0.717) is 13.1 Å². The van der Waals surface area contributed by atoms with Gasteiger partial charge in [0.2, 0.25) is 0 Å². The highest BCUT2D eigenvalue weighted by molar-refractivity contribution is 5.96. The number of benzene rings is 2. The van der Waals surface area contributed by atoms with Gasteiger partial charge in [0.15, 0.2) is 0 Å². The number of carbonyl (C=O) groups excluding carboxylic acids is 1. The number of hydrogen-bond acceptors (Lipinski definition) is 3. The average Bonchev–Trinajstić information content (AvgIpc) is 2.64. The first-order valence-electron chi connectivity index (χ1n) is 9.01. The largest absolute Gasteiger partial charge is 0.369 e. The van der Waals surface area contributed by atoms with Gasteiger partial charge >= 0.3 is 6.03 Å². The molecule has 136 valence electrons. The van der Waals surface area contributed by atoms with Crippen LogP contribution in [0.4, 0.5) is 20.6 Å². The Kier molecular flexibility index (Phi) is 4.51. The van der Waals surface area contributed by atoms with Crippen LogP contribution < -0.4 is 20.4 Å². The minimum absolute atomic E-state index is 0.140. The summed E-state index contributed by atoms with van der Waals surface area (Å²) >= 11 is 0. The van der Waals surface area contributed by atoms with Crippen LogP contribution in [0.5, 0.6) is 0 Å². The smallest absolute Gasteiger partial charge is 0.322 e. The van der Waals surface area contributed by atoms with Crippen molar-refractivity contribution in [3.05, 3.63) is 58.9 Å². The summed E-state index contributed by atoms with van der Waals surface area (Å²) in [7, 11) is 0. The number of fused-ring (bicyclic) bond motifs is 1. The third kappa shape index (κ3) is 3.24. The van der Waals surface area contributed by atoms with Crippen LogP contribution in [0.25, 0.3) is 0 Å². The summed E-state index contributed by atoms with van der Waals surface area (Å²) < 4.78 is 13.6. The zero-order valence-corrected chi connectivity index (χ0v) is 14.9. The van der Waals surface area contributed by atoms with E-state index in [1.807, 2.05) is 6.07 Å². The number of aryl methyl sites for hydroxylation is 1. The van der Waals surface area contributed by atoms with Crippen LogP contribution in [0.3, 0.4) is 0 Å². The van der Waals surface area contributed by atoms with Crippen molar-refractivity contribution in [1.82, 2.24) is 10.6 Å². The molecule has 0 aliphatic carbocycles. The SMILES string of the molecule is Cc1cc(N2CCNCC2)c2c(c1)N(Cc1cccc(F)c1)C(=O)NC2. The lowest BCUT2D eigenvalue weighted by molar-refractivity contribution is 0.244. The monoisotopic (exact) mass is 354 g/mol. The van der Waals surface area contributed by atoms with Crippen molar-refractivity contribution in [2.45, 2.75) is 20.0 Å². The summed E-state index contributed by atoms with van der Waals surface area (Å²) in [6.07, 6.45) is 0. The Morgan fingerprint density at radius 2 is 1.88 bits per heavy atom. The maximum atomic E-state index is 13.6. The lowest BCUT2D eigenvalue weighted by Gasteiger charge is -2.36. The van der Waals surface area contributed by atoms with Crippen LogP contribution in [0.15, 0.2) is 36.4 Å². The highest BCUT2D eigenvalue weighted by Crippen LogP contribution is 2.35. The Labute approximate surface area is 152 Å². The molecule has 0 unspecified atom stereocenters. The van der Waals surface area contributed by atoms with Crippen molar-refractivity contribution >= 4 is 17.4 Å². The van der Waals surface area contributed by atoms with Gasteiger partial charge in [0.05, 0.1) is 12.2 Å². The fourth-order valence-corrected chi connectivity index (χ4v) is 3.73. The summed E-state index contributed by atoms with van der Waals surface area (Å²) in [5.41, 5.74) is 5.14. The summed E-state index contributed by atoms with van der Waals surface area (Å²) in [5.74, 6) is -0.286. The zero-order valence-electron chi connectivity index (χ0n) is 14.9. The van der Waals surface area contributed by atoms with Gasteiger partial charge in [-0.3, -0.25) is 4.90 Å². The first-order valence-corrected chi connectivity index (χ1v) is 9.01. The molecule has 0 aromatic heterocycles. The highest BCUT2D eigenvalue weighted by atomic mass is 19.1. The molecule has 2 N–H and O–H groups in total. The van der Waals surface area contributed by atoms with Gasteiger partial charge < -0.3 is 15.5 Å². The van der Waals surface area contributed by atoms with Crippen molar-refractivity contribution in [1.29, 1.82) is 0 Å². The predicted molar refractivity (Wildman–Crippen MR) is 101 cm³/mol. The molecule has 6 heteroatoms. The molecule has 1 saturated heterocycles. The van der Waals surface area contributed by atoms with Gasteiger partial charge in [-0.1, -0.05) is 12.1 Å². The first kappa shape index (κ1) is 16.8. The number of urea groups is 1. The molecular weight excluding hydrogens is 331 g/mol. The fraction of sp³-hybridized carbons (Fsp3) is 0.350. The second-order valence-electron chi connectivity index (χ2n) is 6.89. The van der Waals surface area contributed by atoms with Crippen molar-refractivity contribution in [3.63, 3.8) is 0 Å². The zero-order chi connectivity index (χ0) is 18.1. The van der Waals surface area contributed by atoms with Crippen molar-refractivity contribution in [2.24, 2.45) is 0 Å².